The molecule has 1 unspecified atom stereocenters. The molecule has 0 fully saturated rings. The molecule has 0 aliphatic rings. The van der Waals surface area contributed by atoms with Crippen molar-refractivity contribution in [2.24, 2.45) is 7.05 Å². The van der Waals surface area contributed by atoms with Crippen molar-refractivity contribution in [3.8, 4) is 0 Å². The van der Waals surface area contributed by atoms with Gasteiger partial charge in [-0.1, -0.05) is 6.92 Å². The first-order valence-corrected chi connectivity index (χ1v) is 5.10. The summed E-state index contributed by atoms with van der Waals surface area (Å²) in [6.07, 6.45) is 2.50. The van der Waals surface area contributed by atoms with E-state index in [0.717, 1.165) is 0 Å². The lowest BCUT2D eigenvalue weighted by atomic mass is 10.2. The molecule has 0 radical (unpaired) electrons. The molecule has 0 bridgehead atoms. The number of rotatable bonds is 5. The van der Waals surface area contributed by atoms with Crippen LogP contribution in [0.3, 0.4) is 0 Å². The predicted octanol–water partition coefficient (Wildman–Crippen LogP) is 1.17. The van der Waals surface area contributed by atoms with Crippen LogP contribution in [0.1, 0.15) is 20.3 Å². The Hall–Kier alpha value is -1.52. The minimum absolute atomic E-state index is 0.231. The molecule has 0 saturated heterocycles. The van der Waals surface area contributed by atoms with Gasteiger partial charge in [0.2, 0.25) is 0 Å². The third kappa shape index (κ3) is 3.27. The number of aryl methyl sites for hydroxylation is 1. The van der Waals surface area contributed by atoms with Crippen molar-refractivity contribution in [3.05, 3.63) is 12.3 Å². The Morgan fingerprint density at radius 3 is 2.87 bits per heavy atom. The van der Waals surface area contributed by atoms with Crippen molar-refractivity contribution >= 4 is 11.8 Å². The summed E-state index contributed by atoms with van der Waals surface area (Å²) in [6.45, 7) is 4.13. The number of anilines is 1. The maximum atomic E-state index is 11.5. The molecule has 0 aromatic carbocycles. The lowest BCUT2D eigenvalue weighted by Gasteiger charge is -2.14. The van der Waals surface area contributed by atoms with Gasteiger partial charge >= 0.3 is 5.97 Å². The van der Waals surface area contributed by atoms with Gasteiger partial charge < -0.3 is 10.1 Å². The van der Waals surface area contributed by atoms with Crippen molar-refractivity contribution in [2.75, 3.05) is 11.9 Å². The van der Waals surface area contributed by atoms with E-state index in [1.807, 2.05) is 26.2 Å². The van der Waals surface area contributed by atoms with Gasteiger partial charge in [0.05, 0.1) is 6.61 Å². The molecule has 1 atom stereocenters. The van der Waals surface area contributed by atoms with E-state index in [4.69, 9.17) is 4.74 Å². The zero-order chi connectivity index (χ0) is 11.3. The Morgan fingerprint density at radius 1 is 1.67 bits per heavy atom. The number of nitrogens with zero attached hydrogens (tertiary/aromatic N) is 2. The molecule has 5 nitrogen and oxygen atoms in total. The first kappa shape index (κ1) is 11.6. The molecule has 1 N–H and O–H groups in total. The van der Waals surface area contributed by atoms with E-state index in [1.165, 1.54) is 0 Å². The first-order valence-electron chi connectivity index (χ1n) is 5.10. The van der Waals surface area contributed by atoms with Crippen LogP contribution in [0.25, 0.3) is 0 Å². The summed E-state index contributed by atoms with van der Waals surface area (Å²) in [5.41, 5.74) is 0. The summed E-state index contributed by atoms with van der Waals surface area (Å²) >= 11 is 0. The smallest absolute Gasteiger partial charge is 0.328 e. The van der Waals surface area contributed by atoms with E-state index < -0.39 is 0 Å². The van der Waals surface area contributed by atoms with Crippen LogP contribution < -0.4 is 5.32 Å². The van der Waals surface area contributed by atoms with Crippen molar-refractivity contribution < 1.29 is 9.53 Å². The van der Waals surface area contributed by atoms with E-state index in [-0.39, 0.29) is 12.0 Å². The van der Waals surface area contributed by atoms with Gasteiger partial charge in [0.1, 0.15) is 11.9 Å². The Morgan fingerprint density at radius 2 is 2.40 bits per heavy atom. The van der Waals surface area contributed by atoms with Gasteiger partial charge in [0.15, 0.2) is 0 Å². The van der Waals surface area contributed by atoms with Crippen molar-refractivity contribution in [3.63, 3.8) is 0 Å². The number of hydrogen-bond donors (Lipinski definition) is 1. The number of esters is 1. The van der Waals surface area contributed by atoms with Crippen LogP contribution in [0.15, 0.2) is 12.3 Å². The van der Waals surface area contributed by atoms with Gasteiger partial charge in [-0.3, -0.25) is 4.68 Å². The van der Waals surface area contributed by atoms with E-state index in [9.17, 15) is 4.79 Å². The third-order valence-corrected chi connectivity index (χ3v) is 2.02. The molecule has 0 saturated carbocycles. The largest absolute Gasteiger partial charge is 0.464 e. The van der Waals surface area contributed by atoms with Crippen molar-refractivity contribution in [2.45, 2.75) is 26.3 Å². The molecular weight excluding hydrogens is 194 g/mol. The van der Waals surface area contributed by atoms with Crippen LogP contribution in [0, 0.1) is 0 Å². The normalized spacial score (nSPS) is 12.2. The highest BCUT2D eigenvalue weighted by Gasteiger charge is 2.17. The fraction of sp³-hybridized carbons (Fsp3) is 0.600. The summed E-state index contributed by atoms with van der Waals surface area (Å²) in [7, 11) is 1.83. The summed E-state index contributed by atoms with van der Waals surface area (Å²) in [5, 5.41) is 7.17. The topological polar surface area (TPSA) is 56.1 Å². The lowest BCUT2D eigenvalue weighted by Crippen LogP contribution is -2.30. The Kier molecular flexibility index (Phi) is 4.15. The molecule has 15 heavy (non-hydrogen) atoms. The molecule has 1 rings (SSSR count). The van der Waals surface area contributed by atoms with Crippen LogP contribution >= 0.6 is 0 Å². The van der Waals surface area contributed by atoms with Gasteiger partial charge in [0, 0.05) is 19.3 Å². The standard InChI is InChI=1S/C10H17N3O2/c1-4-8(10(14)15-5-2)11-9-6-7-13(3)12-9/h6-8H,4-5H2,1-3H3,(H,11,12). The zero-order valence-corrected chi connectivity index (χ0v) is 9.36. The fourth-order valence-corrected chi connectivity index (χ4v) is 1.24. The number of aromatic nitrogens is 2. The maximum Gasteiger partial charge on any atom is 0.328 e. The highest BCUT2D eigenvalue weighted by atomic mass is 16.5. The van der Waals surface area contributed by atoms with Crippen LogP contribution in [-0.4, -0.2) is 28.4 Å². The minimum Gasteiger partial charge on any atom is -0.464 e. The van der Waals surface area contributed by atoms with Crippen LogP contribution in [0.2, 0.25) is 0 Å². The van der Waals surface area contributed by atoms with Gasteiger partial charge in [0.25, 0.3) is 0 Å². The second kappa shape index (κ2) is 5.38. The van der Waals surface area contributed by atoms with Crippen molar-refractivity contribution in [1.82, 2.24) is 9.78 Å². The molecule has 0 amide bonds. The Bertz CT molecular complexity index is 322. The highest BCUT2D eigenvalue weighted by Crippen LogP contribution is 2.07. The highest BCUT2D eigenvalue weighted by molar-refractivity contribution is 5.78. The number of carbonyl (C=O) groups is 1. The molecule has 0 spiro atoms. The molecule has 1 aromatic rings. The van der Waals surface area contributed by atoms with Gasteiger partial charge in [-0.2, -0.15) is 5.10 Å². The molecule has 1 aromatic heterocycles. The summed E-state index contributed by atoms with van der Waals surface area (Å²) < 4.78 is 6.62. The fourth-order valence-electron chi connectivity index (χ4n) is 1.24. The van der Waals surface area contributed by atoms with Gasteiger partial charge in [-0.05, 0) is 13.3 Å². The lowest BCUT2D eigenvalue weighted by molar-refractivity contribution is -0.144. The van der Waals surface area contributed by atoms with E-state index >= 15 is 0 Å². The predicted molar refractivity (Wildman–Crippen MR) is 57.5 cm³/mol. The molecule has 5 heteroatoms. The van der Waals surface area contributed by atoms with E-state index in [2.05, 4.69) is 10.4 Å². The van der Waals surface area contributed by atoms with Gasteiger partial charge in [-0.15, -0.1) is 0 Å². The molecule has 1 heterocycles. The van der Waals surface area contributed by atoms with Crippen molar-refractivity contribution in [1.29, 1.82) is 0 Å². The van der Waals surface area contributed by atoms with Crippen LogP contribution in [0.4, 0.5) is 5.82 Å². The van der Waals surface area contributed by atoms with E-state index in [1.54, 1.807) is 11.6 Å². The SMILES string of the molecule is CCOC(=O)C(CC)Nc1ccn(C)n1. The summed E-state index contributed by atoms with van der Waals surface area (Å²) in [5.74, 6) is 0.461. The quantitative estimate of drug-likeness (QED) is 0.743. The molecular formula is C10H17N3O2. The summed E-state index contributed by atoms with van der Waals surface area (Å²) in [6, 6.07) is 1.50. The second-order valence-corrected chi connectivity index (χ2v) is 3.23. The van der Waals surface area contributed by atoms with Crippen LogP contribution in [-0.2, 0) is 16.6 Å². The molecule has 0 aliphatic carbocycles. The molecule has 84 valence electrons. The second-order valence-electron chi connectivity index (χ2n) is 3.23. The van der Waals surface area contributed by atoms with E-state index in [0.29, 0.717) is 18.8 Å². The average Bonchev–Trinajstić information content (AvgIpc) is 2.61. The third-order valence-electron chi connectivity index (χ3n) is 2.02. The minimum atomic E-state index is -0.320. The zero-order valence-electron chi connectivity index (χ0n) is 9.36. The molecule has 0 aliphatic heterocycles. The Balaban J connectivity index is 2.57. The number of nitrogens with one attached hydrogen (secondary N) is 1. The Labute approximate surface area is 89.4 Å². The van der Waals surface area contributed by atoms with Gasteiger partial charge in [-0.25, -0.2) is 4.79 Å². The monoisotopic (exact) mass is 211 g/mol. The maximum absolute atomic E-state index is 11.5. The van der Waals surface area contributed by atoms with Crippen LogP contribution in [0.5, 0.6) is 0 Å². The first-order chi connectivity index (χ1) is 7.17. The average molecular weight is 211 g/mol. The number of hydrogen-bond acceptors (Lipinski definition) is 4. The number of carbonyl (C=O) groups excluding carboxylic acids is 1. The summed E-state index contributed by atoms with van der Waals surface area (Å²) in [4.78, 5) is 11.5. The number of ether oxygens (including phenoxy) is 1.